The monoisotopic (exact) mass is 365 g/mol. The van der Waals surface area contributed by atoms with Gasteiger partial charge in [-0.3, -0.25) is 9.63 Å². The molecule has 1 atom stereocenters. The van der Waals surface area contributed by atoms with E-state index in [1.54, 1.807) is 12.0 Å². The van der Waals surface area contributed by atoms with Crippen LogP contribution >= 0.6 is 0 Å². The molecule has 0 N–H and O–H groups in total. The number of ether oxygens (including phenoxy) is 1. The number of carbonyl (C=O) groups excluding carboxylic acids is 2. The molecule has 0 bridgehead atoms. The number of benzene rings is 1. The van der Waals surface area contributed by atoms with E-state index in [1.807, 2.05) is 27.7 Å². The van der Waals surface area contributed by atoms with Gasteiger partial charge in [-0.25, -0.2) is 9.18 Å². The lowest BCUT2D eigenvalue weighted by Gasteiger charge is -2.51. The first-order valence-corrected chi connectivity index (χ1v) is 9.02. The fourth-order valence-corrected chi connectivity index (χ4v) is 3.55. The molecule has 1 aromatic carbocycles. The van der Waals surface area contributed by atoms with Crippen LogP contribution in [0.1, 0.15) is 64.2 Å². The normalized spacial score (nSPS) is 20.4. The Kier molecular flexibility index (Phi) is 6.19. The second-order valence-electron chi connectivity index (χ2n) is 7.88. The summed E-state index contributed by atoms with van der Waals surface area (Å²) in [7, 11) is 0. The van der Waals surface area contributed by atoms with E-state index in [9.17, 15) is 14.0 Å². The molecule has 6 heteroatoms. The highest BCUT2D eigenvalue weighted by molar-refractivity contribution is 6.11. The van der Waals surface area contributed by atoms with Gasteiger partial charge in [0.25, 0.3) is 0 Å². The van der Waals surface area contributed by atoms with Crippen LogP contribution in [-0.4, -0.2) is 40.6 Å². The third-order valence-electron chi connectivity index (χ3n) is 4.76. The van der Waals surface area contributed by atoms with Crippen molar-refractivity contribution in [1.29, 1.82) is 0 Å². The quantitative estimate of drug-likeness (QED) is 0.435. The molecular weight excluding hydrogens is 337 g/mol. The molecule has 0 unspecified atom stereocenters. The summed E-state index contributed by atoms with van der Waals surface area (Å²) in [6.07, 6.45) is 1.39. The molecule has 144 valence electrons. The predicted molar refractivity (Wildman–Crippen MR) is 96.1 cm³/mol. The van der Waals surface area contributed by atoms with E-state index in [4.69, 9.17) is 9.57 Å². The van der Waals surface area contributed by atoms with Gasteiger partial charge in [0.2, 0.25) is 11.9 Å². The molecule has 1 heterocycles. The summed E-state index contributed by atoms with van der Waals surface area (Å²) in [6, 6.07) is 5.06. The Morgan fingerprint density at radius 2 is 1.65 bits per heavy atom. The molecule has 0 saturated carbocycles. The second kappa shape index (κ2) is 7.84. The summed E-state index contributed by atoms with van der Waals surface area (Å²) < 4.78 is 18.2. The van der Waals surface area contributed by atoms with Gasteiger partial charge in [0.1, 0.15) is 5.82 Å². The number of rotatable bonds is 6. The fraction of sp³-hybridized carbons (Fsp3) is 0.600. The van der Waals surface area contributed by atoms with Gasteiger partial charge in [-0.15, -0.1) is 0 Å². The molecule has 2 rings (SSSR count). The molecule has 1 saturated heterocycles. The Morgan fingerprint density at radius 3 is 2.15 bits per heavy atom. The molecular formula is C20H28FNO4. The maximum atomic E-state index is 13.2. The standard InChI is InChI=1S/C20H28FNO4/c1-6-25-18(24)17(16(23)14-8-10-15(21)11-9-14)26-22-19(2,3)12-7-13-20(22,4)5/h8-11,17H,6-7,12-13H2,1-5H3/t17-/m0/s1. The number of hydrogen-bond donors (Lipinski definition) is 0. The van der Waals surface area contributed by atoms with Crippen molar-refractivity contribution in [3.8, 4) is 0 Å². The summed E-state index contributed by atoms with van der Waals surface area (Å²) in [5, 5.41) is 1.76. The molecule has 0 aromatic heterocycles. The zero-order chi connectivity index (χ0) is 19.5. The van der Waals surface area contributed by atoms with E-state index in [2.05, 4.69) is 0 Å². The van der Waals surface area contributed by atoms with Gasteiger partial charge < -0.3 is 4.74 Å². The van der Waals surface area contributed by atoms with Crippen molar-refractivity contribution in [2.24, 2.45) is 0 Å². The Morgan fingerprint density at radius 1 is 1.12 bits per heavy atom. The zero-order valence-electron chi connectivity index (χ0n) is 16.2. The minimum Gasteiger partial charge on any atom is -0.464 e. The Labute approximate surface area is 154 Å². The molecule has 26 heavy (non-hydrogen) atoms. The van der Waals surface area contributed by atoms with Crippen molar-refractivity contribution >= 4 is 11.8 Å². The van der Waals surface area contributed by atoms with Crippen molar-refractivity contribution in [2.45, 2.75) is 71.1 Å². The average molecular weight is 365 g/mol. The fourth-order valence-electron chi connectivity index (χ4n) is 3.55. The van der Waals surface area contributed by atoms with E-state index in [-0.39, 0.29) is 23.2 Å². The first-order chi connectivity index (χ1) is 12.1. The molecule has 0 aliphatic carbocycles. The first-order valence-electron chi connectivity index (χ1n) is 9.02. The second-order valence-corrected chi connectivity index (χ2v) is 7.88. The van der Waals surface area contributed by atoms with Crippen LogP contribution in [0.3, 0.4) is 0 Å². The molecule has 5 nitrogen and oxygen atoms in total. The third kappa shape index (κ3) is 4.48. The van der Waals surface area contributed by atoms with Crippen LogP contribution in [0.2, 0.25) is 0 Å². The van der Waals surface area contributed by atoms with Gasteiger partial charge in [-0.2, -0.15) is 5.06 Å². The lowest BCUT2D eigenvalue weighted by Crippen LogP contribution is -2.60. The summed E-state index contributed by atoms with van der Waals surface area (Å²) in [5.74, 6) is -1.73. The molecule has 0 amide bonds. The number of piperidine rings is 1. The van der Waals surface area contributed by atoms with Gasteiger partial charge in [0.15, 0.2) is 0 Å². The maximum absolute atomic E-state index is 13.2. The lowest BCUT2D eigenvalue weighted by molar-refractivity contribution is -0.293. The van der Waals surface area contributed by atoms with Crippen molar-refractivity contribution in [3.05, 3.63) is 35.6 Å². The highest BCUT2D eigenvalue weighted by Crippen LogP contribution is 2.39. The van der Waals surface area contributed by atoms with Gasteiger partial charge in [0.05, 0.1) is 6.61 Å². The molecule has 1 aliphatic rings. The molecule has 0 radical (unpaired) electrons. The maximum Gasteiger partial charge on any atom is 0.345 e. The highest BCUT2D eigenvalue weighted by Gasteiger charge is 2.46. The zero-order valence-corrected chi connectivity index (χ0v) is 16.2. The number of esters is 1. The van der Waals surface area contributed by atoms with Crippen LogP contribution < -0.4 is 0 Å². The third-order valence-corrected chi connectivity index (χ3v) is 4.76. The van der Waals surface area contributed by atoms with E-state index in [1.165, 1.54) is 24.3 Å². The number of Topliss-reactive ketones (excluding diaryl/α,β-unsaturated/α-hetero) is 1. The van der Waals surface area contributed by atoms with Crippen molar-refractivity contribution in [1.82, 2.24) is 5.06 Å². The molecule has 0 spiro atoms. The summed E-state index contributed by atoms with van der Waals surface area (Å²) in [5.41, 5.74) is -0.470. The number of hydroxylamine groups is 2. The number of hydrogen-bond acceptors (Lipinski definition) is 5. The summed E-state index contributed by atoms with van der Waals surface area (Å²) in [4.78, 5) is 31.3. The number of carbonyl (C=O) groups is 2. The predicted octanol–water partition coefficient (Wildman–Crippen LogP) is 3.91. The summed E-state index contributed by atoms with van der Waals surface area (Å²) in [6.45, 7) is 9.92. The van der Waals surface area contributed by atoms with Gasteiger partial charge in [0, 0.05) is 16.6 Å². The first kappa shape index (κ1) is 20.5. The molecule has 1 fully saturated rings. The van der Waals surface area contributed by atoms with Crippen molar-refractivity contribution in [2.75, 3.05) is 6.61 Å². The highest BCUT2D eigenvalue weighted by atomic mass is 19.1. The van der Waals surface area contributed by atoms with Crippen molar-refractivity contribution < 1.29 is 23.6 Å². The van der Waals surface area contributed by atoms with Crippen LogP contribution in [0.15, 0.2) is 24.3 Å². The van der Waals surface area contributed by atoms with Crippen LogP contribution in [0.5, 0.6) is 0 Å². The smallest absolute Gasteiger partial charge is 0.345 e. The lowest BCUT2D eigenvalue weighted by atomic mass is 9.82. The topological polar surface area (TPSA) is 55.8 Å². The number of nitrogens with zero attached hydrogens (tertiary/aromatic N) is 1. The van der Waals surface area contributed by atoms with Crippen LogP contribution in [0, 0.1) is 5.82 Å². The van der Waals surface area contributed by atoms with Crippen LogP contribution in [-0.2, 0) is 14.4 Å². The molecule has 1 aliphatic heterocycles. The number of ketones is 1. The van der Waals surface area contributed by atoms with Crippen LogP contribution in [0.4, 0.5) is 4.39 Å². The van der Waals surface area contributed by atoms with Gasteiger partial charge in [-0.1, -0.05) is 0 Å². The SMILES string of the molecule is CCOC(=O)[C@@H](ON1C(C)(C)CCCC1(C)C)C(=O)c1ccc(F)cc1. The minimum atomic E-state index is -1.42. The number of halogens is 1. The molecule has 1 aromatic rings. The minimum absolute atomic E-state index is 0.141. The van der Waals surface area contributed by atoms with E-state index in [0.717, 1.165) is 19.3 Å². The van der Waals surface area contributed by atoms with Gasteiger partial charge in [-0.05, 0) is 78.1 Å². The van der Waals surface area contributed by atoms with Crippen molar-refractivity contribution in [3.63, 3.8) is 0 Å². The Balaban J connectivity index is 2.33. The Bertz CT molecular complexity index is 638. The van der Waals surface area contributed by atoms with Crippen LogP contribution in [0.25, 0.3) is 0 Å². The largest absolute Gasteiger partial charge is 0.464 e. The van der Waals surface area contributed by atoms with E-state index >= 15 is 0 Å². The Hall–Kier alpha value is -1.79. The summed E-state index contributed by atoms with van der Waals surface area (Å²) >= 11 is 0. The van der Waals surface area contributed by atoms with E-state index in [0.29, 0.717) is 0 Å². The average Bonchev–Trinajstić information content (AvgIpc) is 2.54. The van der Waals surface area contributed by atoms with Gasteiger partial charge >= 0.3 is 5.97 Å². The van der Waals surface area contributed by atoms with E-state index < -0.39 is 23.7 Å².